The van der Waals surface area contributed by atoms with Crippen LogP contribution in [0.4, 0.5) is 27.8 Å². The minimum atomic E-state index is -1.05. The van der Waals surface area contributed by atoms with Crippen molar-refractivity contribution < 1.29 is 19.2 Å². The van der Waals surface area contributed by atoms with E-state index in [4.69, 9.17) is 0 Å². The number of hydrogen-bond donors (Lipinski definition) is 3. The first-order valence-electron chi connectivity index (χ1n) is 10.3. The number of likely N-dealkylation sites (N-methyl/N-ethyl adjacent to an activating group) is 1. The second-order valence-electron chi connectivity index (χ2n) is 7.52. The standard InChI is InChI=1S/C23H21N7O4/c1-14-4-7-17(12-18(14)28-22-24-10-3-11-25-22)27-23(34)26-16-8-5-15(6-9-16)13-30-21(33)19(31)20(32)29(30)2/h3-12H,13H2,1-2H3,(H,24,25,28)(H2,26,27,34). The molecule has 0 saturated carbocycles. The molecule has 3 N–H and O–H groups in total. The minimum Gasteiger partial charge on any atom is -0.324 e. The first-order chi connectivity index (χ1) is 16.3. The van der Waals surface area contributed by atoms with Crippen molar-refractivity contribution in [3.8, 4) is 0 Å². The van der Waals surface area contributed by atoms with Crippen LogP contribution in [0.1, 0.15) is 11.1 Å². The Kier molecular flexibility index (Phi) is 6.17. The Morgan fingerprint density at radius 2 is 1.56 bits per heavy atom. The highest BCUT2D eigenvalue weighted by atomic mass is 16.2. The fourth-order valence-electron chi connectivity index (χ4n) is 3.26. The van der Waals surface area contributed by atoms with Crippen molar-refractivity contribution in [2.24, 2.45) is 0 Å². The number of nitrogens with one attached hydrogen (secondary N) is 3. The summed E-state index contributed by atoms with van der Waals surface area (Å²) in [6, 6.07) is 13.4. The topological polar surface area (TPSA) is 137 Å². The lowest BCUT2D eigenvalue weighted by Crippen LogP contribution is -2.37. The summed E-state index contributed by atoms with van der Waals surface area (Å²) in [6.07, 6.45) is 3.26. The summed E-state index contributed by atoms with van der Waals surface area (Å²) < 4.78 is 0. The summed E-state index contributed by atoms with van der Waals surface area (Å²) in [7, 11) is 1.37. The van der Waals surface area contributed by atoms with E-state index in [1.54, 1.807) is 54.9 Å². The molecule has 11 heteroatoms. The second kappa shape index (κ2) is 9.36. The number of Topliss-reactive ketones (excluding diaryl/α,β-unsaturated/α-hetero) is 1. The predicted octanol–water partition coefficient (Wildman–Crippen LogP) is 2.46. The van der Waals surface area contributed by atoms with Crippen LogP contribution in [-0.2, 0) is 20.9 Å². The third-order valence-electron chi connectivity index (χ3n) is 5.13. The molecule has 0 bridgehead atoms. The highest BCUT2D eigenvalue weighted by molar-refractivity contribution is 6.65. The smallest absolute Gasteiger partial charge is 0.323 e. The number of nitrogens with zero attached hydrogens (tertiary/aromatic N) is 4. The van der Waals surface area contributed by atoms with E-state index in [-0.39, 0.29) is 6.54 Å². The summed E-state index contributed by atoms with van der Waals surface area (Å²) in [5.74, 6) is -2.32. The van der Waals surface area contributed by atoms with Crippen LogP contribution in [0.5, 0.6) is 0 Å². The molecule has 2 heterocycles. The van der Waals surface area contributed by atoms with E-state index in [1.165, 1.54) is 7.05 Å². The van der Waals surface area contributed by atoms with Crippen LogP contribution in [0.3, 0.4) is 0 Å². The highest BCUT2D eigenvalue weighted by Crippen LogP contribution is 2.23. The Bertz CT molecular complexity index is 1260. The maximum atomic E-state index is 12.5. The van der Waals surface area contributed by atoms with Gasteiger partial charge in [-0.15, -0.1) is 0 Å². The molecular weight excluding hydrogens is 438 g/mol. The summed E-state index contributed by atoms with van der Waals surface area (Å²) in [4.78, 5) is 55.8. The number of amides is 4. The molecule has 0 radical (unpaired) electrons. The first kappa shape index (κ1) is 22.4. The Morgan fingerprint density at radius 3 is 2.21 bits per heavy atom. The number of benzene rings is 2. The number of aryl methyl sites for hydroxylation is 1. The zero-order chi connectivity index (χ0) is 24.2. The fraction of sp³-hybridized carbons (Fsp3) is 0.130. The number of urea groups is 1. The molecule has 1 aromatic heterocycles. The van der Waals surface area contributed by atoms with Gasteiger partial charge >= 0.3 is 23.6 Å². The number of ketones is 1. The van der Waals surface area contributed by atoms with Crippen LogP contribution in [0, 0.1) is 6.92 Å². The lowest BCUT2D eigenvalue weighted by molar-refractivity contribution is -0.145. The molecule has 4 amide bonds. The number of carbonyl (C=O) groups excluding carboxylic acids is 4. The molecule has 0 unspecified atom stereocenters. The number of carbonyl (C=O) groups is 4. The Balaban J connectivity index is 1.36. The molecule has 0 aliphatic carbocycles. The quantitative estimate of drug-likeness (QED) is 0.482. The molecule has 1 fully saturated rings. The fourth-order valence-corrected chi connectivity index (χ4v) is 3.26. The van der Waals surface area contributed by atoms with Gasteiger partial charge in [-0.05, 0) is 48.4 Å². The van der Waals surface area contributed by atoms with E-state index in [1.807, 2.05) is 13.0 Å². The number of hydrogen-bond acceptors (Lipinski definition) is 7. The Morgan fingerprint density at radius 1 is 0.912 bits per heavy atom. The number of rotatable bonds is 6. The van der Waals surface area contributed by atoms with Gasteiger partial charge < -0.3 is 16.0 Å². The third-order valence-corrected chi connectivity index (χ3v) is 5.13. The van der Waals surface area contributed by atoms with E-state index in [9.17, 15) is 19.2 Å². The third kappa shape index (κ3) is 4.83. The van der Waals surface area contributed by atoms with Gasteiger partial charge in [0.1, 0.15) is 0 Å². The summed E-state index contributed by atoms with van der Waals surface area (Å²) in [5, 5.41) is 10.7. The molecule has 3 aromatic rings. The Hall–Kier alpha value is -4.80. The van der Waals surface area contributed by atoms with Gasteiger partial charge in [-0.25, -0.2) is 24.8 Å². The van der Waals surface area contributed by atoms with Crippen molar-refractivity contribution in [2.75, 3.05) is 23.0 Å². The first-order valence-corrected chi connectivity index (χ1v) is 10.3. The monoisotopic (exact) mass is 459 g/mol. The van der Waals surface area contributed by atoms with E-state index >= 15 is 0 Å². The summed E-state index contributed by atoms with van der Waals surface area (Å²) >= 11 is 0. The van der Waals surface area contributed by atoms with E-state index < -0.39 is 23.6 Å². The molecular formula is C23H21N7O4. The molecule has 1 aliphatic rings. The van der Waals surface area contributed by atoms with Crippen LogP contribution in [0.2, 0.25) is 0 Å². The van der Waals surface area contributed by atoms with Gasteiger partial charge in [0.2, 0.25) is 5.95 Å². The molecule has 1 saturated heterocycles. The van der Waals surface area contributed by atoms with Crippen LogP contribution in [0.15, 0.2) is 60.9 Å². The van der Waals surface area contributed by atoms with Gasteiger partial charge in [-0.2, -0.15) is 0 Å². The van der Waals surface area contributed by atoms with Crippen LogP contribution < -0.4 is 16.0 Å². The largest absolute Gasteiger partial charge is 0.324 e. The molecule has 0 atom stereocenters. The summed E-state index contributed by atoms with van der Waals surface area (Å²) in [6.45, 7) is 1.99. The number of anilines is 4. The average Bonchev–Trinajstić information content (AvgIpc) is 3.01. The van der Waals surface area contributed by atoms with Gasteiger partial charge in [0.25, 0.3) is 0 Å². The van der Waals surface area contributed by atoms with Gasteiger partial charge in [-0.3, -0.25) is 14.4 Å². The zero-order valence-electron chi connectivity index (χ0n) is 18.4. The zero-order valence-corrected chi connectivity index (χ0v) is 18.4. The van der Waals surface area contributed by atoms with Crippen molar-refractivity contribution in [2.45, 2.75) is 13.5 Å². The molecule has 11 nitrogen and oxygen atoms in total. The van der Waals surface area contributed by atoms with Gasteiger partial charge in [0.15, 0.2) is 0 Å². The van der Waals surface area contributed by atoms with Gasteiger partial charge in [0, 0.05) is 36.5 Å². The van der Waals surface area contributed by atoms with Gasteiger partial charge in [0.05, 0.1) is 6.54 Å². The maximum Gasteiger partial charge on any atom is 0.323 e. The molecule has 0 spiro atoms. The highest BCUT2D eigenvalue weighted by Gasteiger charge is 2.42. The minimum absolute atomic E-state index is 0.0591. The normalized spacial score (nSPS) is 13.3. The molecule has 172 valence electrons. The Labute approximate surface area is 194 Å². The SMILES string of the molecule is Cc1ccc(NC(=O)Nc2ccc(CN3C(=O)C(=O)C(=O)N3C)cc2)cc1Nc1ncccn1. The lowest BCUT2D eigenvalue weighted by atomic mass is 10.2. The number of hydrazine groups is 1. The van der Waals surface area contributed by atoms with E-state index in [2.05, 4.69) is 25.9 Å². The average molecular weight is 459 g/mol. The van der Waals surface area contributed by atoms with Gasteiger partial charge in [-0.1, -0.05) is 18.2 Å². The molecule has 2 aromatic carbocycles. The van der Waals surface area contributed by atoms with Crippen molar-refractivity contribution >= 4 is 46.6 Å². The maximum absolute atomic E-state index is 12.5. The van der Waals surface area contributed by atoms with E-state index in [0.29, 0.717) is 22.9 Å². The van der Waals surface area contributed by atoms with Crippen LogP contribution in [-0.4, -0.2) is 50.7 Å². The number of aromatic nitrogens is 2. The molecule has 34 heavy (non-hydrogen) atoms. The molecule has 1 aliphatic heterocycles. The van der Waals surface area contributed by atoms with Crippen LogP contribution in [0.25, 0.3) is 0 Å². The molecule has 4 rings (SSSR count). The van der Waals surface area contributed by atoms with Crippen molar-refractivity contribution in [1.29, 1.82) is 0 Å². The lowest BCUT2D eigenvalue weighted by Gasteiger charge is -2.22. The van der Waals surface area contributed by atoms with Crippen molar-refractivity contribution in [1.82, 2.24) is 20.0 Å². The second-order valence-corrected chi connectivity index (χ2v) is 7.52. The van der Waals surface area contributed by atoms with Crippen molar-refractivity contribution in [3.63, 3.8) is 0 Å². The van der Waals surface area contributed by atoms with Crippen LogP contribution >= 0.6 is 0 Å². The summed E-state index contributed by atoms with van der Waals surface area (Å²) in [5.41, 5.74) is 3.50. The van der Waals surface area contributed by atoms with Crippen molar-refractivity contribution in [3.05, 3.63) is 72.1 Å². The predicted molar refractivity (Wildman–Crippen MR) is 124 cm³/mol. The van der Waals surface area contributed by atoms with E-state index in [0.717, 1.165) is 21.3 Å².